The van der Waals surface area contributed by atoms with Crippen LogP contribution in [0.3, 0.4) is 0 Å². The lowest BCUT2D eigenvalue weighted by Gasteiger charge is -2.30. The highest BCUT2D eigenvalue weighted by Crippen LogP contribution is 2.51. The predicted octanol–water partition coefficient (Wildman–Crippen LogP) is 19.0. The van der Waals surface area contributed by atoms with Crippen molar-refractivity contribution < 1.29 is 0 Å². The molecule has 66 heavy (non-hydrogen) atoms. The van der Waals surface area contributed by atoms with E-state index < -0.39 is 0 Å². The second-order valence-electron chi connectivity index (χ2n) is 17.0. The molecule has 14 aromatic rings. The lowest BCUT2D eigenvalue weighted by molar-refractivity contribution is 1.27. The molecule has 6 heteroatoms. The zero-order valence-corrected chi connectivity index (χ0v) is 37.9. The lowest BCUT2D eigenvalue weighted by atomic mass is 9.97. The third-order valence-corrected chi connectivity index (χ3v) is 16.6. The molecular weight excluding hydrogens is 859 g/mol. The van der Waals surface area contributed by atoms with Crippen LogP contribution in [0.2, 0.25) is 0 Å². The Morgan fingerprint density at radius 1 is 0.303 bits per heavy atom. The second kappa shape index (κ2) is 14.9. The maximum Gasteiger partial charge on any atom is 0.0661 e. The van der Waals surface area contributed by atoms with Crippen molar-refractivity contribution in [3.05, 3.63) is 218 Å². The third-order valence-electron chi connectivity index (χ3n) is 13.1. The Morgan fingerprint density at radius 2 is 0.909 bits per heavy atom. The fraction of sp³-hybridized carbons (Fsp3) is 0. The number of para-hydroxylation sites is 3. The number of hydrogen-bond donors (Lipinski definition) is 1. The Balaban J connectivity index is 1.06. The van der Waals surface area contributed by atoms with E-state index in [-0.39, 0.29) is 0 Å². The average Bonchev–Trinajstić information content (AvgIpc) is 4.14. The molecule has 0 fully saturated rings. The fourth-order valence-corrected chi connectivity index (χ4v) is 13.6. The number of nitrogens with one attached hydrogen (secondary N) is 1. The number of aromatic amines is 1. The minimum Gasteiger partial charge on any atom is -0.354 e. The smallest absolute Gasteiger partial charge is 0.0661 e. The predicted molar refractivity (Wildman–Crippen MR) is 289 cm³/mol. The van der Waals surface area contributed by atoms with Crippen LogP contribution in [0.4, 0.5) is 34.1 Å². The molecule has 0 saturated carbocycles. The van der Waals surface area contributed by atoms with Gasteiger partial charge in [-0.1, -0.05) is 121 Å². The number of rotatable bonds is 7. The molecule has 3 nitrogen and oxygen atoms in total. The SMILES string of the molecule is c1ccc(N(c2ccc3c(c2)sc2ccccc23)c2cc(N(c3ccccc3)c3ccc4c(c3)[nH]c3ccccc34)c3sc4ccc(-c5cccc6sc7ccccc7c56)cc4c3c2)cc1. The van der Waals surface area contributed by atoms with Crippen molar-refractivity contribution in [2.24, 2.45) is 0 Å². The Labute approximate surface area is 392 Å². The highest BCUT2D eigenvalue weighted by molar-refractivity contribution is 7.27. The molecule has 0 radical (unpaired) electrons. The van der Waals surface area contributed by atoms with Gasteiger partial charge in [-0.15, -0.1) is 34.0 Å². The zero-order valence-electron chi connectivity index (χ0n) is 35.4. The van der Waals surface area contributed by atoms with Gasteiger partial charge in [0, 0.05) is 106 Å². The van der Waals surface area contributed by atoms with E-state index in [0.717, 1.165) is 45.2 Å². The van der Waals surface area contributed by atoms with Crippen LogP contribution in [0.5, 0.6) is 0 Å². The first-order valence-electron chi connectivity index (χ1n) is 22.2. The quantitative estimate of drug-likeness (QED) is 0.172. The molecule has 0 bridgehead atoms. The van der Waals surface area contributed by atoms with Crippen molar-refractivity contribution in [2.75, 3.05) is 9.80 Å². The minimum atomic E-state index is 1.09. The van der Waals surface area contributed by atoms with Gasteiger partial charge in [0.1, 0.15) is 0 Å². The van der Waals surface area contributed by atoms with Crippen LogP contribution >= 0.6 is 34.0 Å². The fourth-order valence-electron chi connectivity index (χ4n) is 10.2. The summed E-state index contributed by atoms with van der Waals surface area (Å²) < 4.78 is 7.70. The number of benzene rings is 10. The van der Waals surface area contributed by atoms with Crippen LogP contribution < -0.4 is 9.80 Å². The Kier molecular flexibility index (Phi) is 8.50. The normalized spacial score (nSPS) is 11.9. The molecule has 14 rings (SSSR count). The van der Waals surface area contributed by atoms with Gasteiger partial charge in [-0.3, -0.25) is 0 Å². The molecule has 310 valence electrons. The minimum absolute atomic E-state index is 1.09. The van der Waals surface area contributed by atoms with Gasteiger partial charge >= 0.3 is 0 Å². The summed E-state index contributed by atoms with van der Waals surface area (Å²) in [5, 5.41) is 10.2. The van der Waals surface area contributed by atoms with Crippen molar-refractivity contribution in [3.63, 3.8) is 0 Å². The molecule has 1 N–H and O–H groups in total. The van der Waals surface area contributed by atoms with Gasteiger partial charge in [0.05, 0.1) is 10.4 Å². The van der Waals surface area contributed by atoms with Crippen molar-refractivity contribution in [1.82, 2.24) is 4.98 Å². The molecule has 0 spiro atoms. The maximum atomic E-state index is 3.74. The summed E-state index contributed by atoms with van der Waals surface area (Å²) in [4.78, 5) is 8.65. The summed E-state index contributed by atoms with van der Waals surface area (Å²) >= 11 is 5.61. The summed E-state index contributed by atoms with van der Waals surface area (Å²) in [5.74, 6) is 0. The summed E-state index contributed by atoms with van der Waals surface area (Å²) in [6.45, 7) is 0. The van der Waals surface area contributed by atoms with Gasteiger partial charge in [0.25, 0.3) is 0 Å². The van der Waals surface area contributed by atoms with Gasteiger partial charge in [-0.05, 0) is 108 Å². The molecule has 0 aliphatic carbocycles. The van der Waals surface area contributed by atoms with Crippen molar-refractivity contribution in [2.45, 2.75) is 0 Å². The molecule has 4 aromatic heterocycles. The average molecular weight is 896 g/mol. The summed E-state index contributed by atoms with van der Waals surface area (Å²) in [6, 6.07) is 80.5. The molecule has 0 amide bonds. The third kappa shape index (κ3) is 5.93. The molecule has 0 aliphatic heterocycles. The number of H-pyrrole nitrogens is 1. The zero-order chi connectivity index (χ0) is 43.3. The topological polar surface area (TPSA) is 22.3 Å². The van der Waals surface area contributed by atoms with E-state index in [1.54, 1.807) is 0 Å². The molecule has 4 heterocycles. The number of aromatic nitrogens is 1. The Morgan fingerprint density at radius 3 is 1.73 bits per heavy atom. The molecule has 0 atom stereocenters. The molecule has 10 aromatic carbocycles. The van der Waals surface area contributed by atoms with E-state index in [9.17, 15) is 0 Å². The number of fused-ring (bicyclic) bond motifs is 12. The first-order valence-corrected chi connectivity index (χ1v) is 24.7. The summed E-state index contributed by atoms with van der Waals surface area (Å²) in [6.07, 6.45) is 0. The Bertz CT molecular complexity index is 4200. The van der Waals surface area contributed by atoms with Crippen LogP contribution in [-0.2, 0) is 0 Å². The Hall–Kier alpha value is -7.74. The van der Waals surface area contributed by atoms with Gasteiger partial charge in [-0.25, -0.2) is 0 Å². The highest BCUT2D eigenvalue weighted by atomic mass is 32.1. The molecule has 0 saturated heterocycles. The maximum absolute atomic E-state index is 3.74. The molecule has 0 unspecified atom stereocenters. The van der Waals surface area contributed by atoms with E-state index in [0.29, 0.717) is 0 Å². The van der Waals surface area contributed by atoms with E-state index in [1.807, 2.05) is 34.0 Å². The van der Waals surface area contributed by atoms with E-state index in [2.05, 4.69) is 233 Å². The van der Waals surface area contributed by atoms with Crippen molar-refractivity contribution >= 4 is 150 Å². The van der Waals surface area contributed by atoms with Crippen molar-refractivity contribution in [3.8, 4) is 11.1 Å². The van der Waals surface area contributed by atoms with E-state index in [4.69, 9.17) is 0 Å². The van der Waals surface area contributed by atoms with Gasteiger partial charge in [0.2, 0.25) is 0 Å². The number of anilines is 6. The molecular formula is C60H37N3S3. The number of hydrogen-bond acceptors (Lipinski definition) is 5. The number of nitrogens with zero attached hydrogens (tertiary/aromatic N) is 2. The van der Waals surface area contributed by atoms with Crippen LogP contribution in [0.15, 0.2) is 218 Å². The van der Waals surface area contributed by atoms with E-state index in [1.165, 1.54) is 82.4 Å². The van der Waals surface area contributed by atoms with Crippen LogP contribution in [-0.4, -0.2) is 4.98 Å². The van der Waals surface area contributed by atoms with Gasteiger partial charge in [0.15, 0.2) is 0 Å². The monoisotopic (exact) mass is 895 g/mol. The first kappa shape index (κ1) is 37.6. The lowest BCUT2D eigenvalue weighted by Crippen LogP contribution is -2.13. The number of thiophene rings is 3. The van der Waals surface area contributed by atoms with Crippen LogP contribution in [0.1, 0.15) is 0 Å². The highest BCUT2D eigenvalue weighted by Gasteiger charge is 2.24. The first-order chi connectivity index (χ1) is 32.7. The van der Waals surface area contributed by atoms with Gasteiger partial charge < -0.3 is 14.8 Å². The van der Waals surface area contributed by atoms with Gasteiger partial charge in [-0.2, -0.15) is 0 Å². The largest absolute Gasteiger partial charge is 0.354 e. The second-order valence-corrected chi connectivity index (χ2v) is 20.2. The van der Waals surface area contributed by atoms with Crippen molar-refractivity contribution in [1.29, 1.82) is 0 Å². The summed E-state index contributed by atoms with van der Waals surface area (Å²) in [7, 11) is 0. The molecule has 0 aliphatic rings. The van der Waals surface area contributed by atoms with E-state index >= 15 is 0 Å². The summed E-state index contributed by atoms with van der Waals surface area (Å²) in [5.41, 5.74) is 11.4. The van der Waals surface area contributed by atoms with Crippen LogP contribution in [0, 0.1) is 0 Å². The standard InChI is InChI=1S/C60H37N3S3/c1-3-14-38(15-4-1)62(41-28-30-47-46-19-8-11-23-54(46)65-58(47)36-41)42-33-50-49-32-37(43-21-13-25-57-59(43)48-20-9-12-24-55(48)64-57)26-31-56(49)66-60(50)53(35-42)63(39-16-5-2-6-17-39)40-27-29-45-44-18-7-10-22-51(44)61-52(45)34-40/h1-36,61H. The van der Waals surface area contributed by atoms with Crippen LogP contribution in [0.25, 0.3) is 93.4 Å².